The van der Waals surface area contributed by atoms with Gasteiger partial charge < -0.3 is 17.7 Å². The second kappa shape index (κ2) is 9.65. The van der Waals surface area contributed by atoms with Crippen LogP contribution < -0.4 is 14.9 Å². The summed E-state index contributed by atoms with van der Waals surface area (Å²) < 4.78 is 26.3. The van der Waals surface area contributed by atoms with E-state index in [0.717, 1.165) is 17.5 Å². The van der Waals surface area contributed by atoms with Crippen LogP contribution in [0.4, 0.5) is 10.1 Å². The number of nitrogens with one attached hydrogen (secondary N) is 1. The van der Waals surface area contributed by atoms with Gasteiger partial charge in [-0.1, -0.05) is 6.92 Å². The van der Waals surface area contributed by atoms with Gasteiger partial charge in [-0.05, 0) is 41.6 Å². The van der Waals surface area contributed by atoms with E-state index in [9.17, 15) is 4.79 Å². The fourth-order valence-corrected chi connectivity index (χ4v) is 4.84. The summed E-state index contributed by atoms with van der Waals surface area (Å²) in [6, 6.07) is 8.26. The standard InChI is InChI=1S/C21H23FIN3O3P2/c1-11(30)4-5-28-13-7-15(22)19(18(31)8-13)20-14(9-29-23)21(27)26(20)12-2-3-16-17(6-12)25-10-24-16/h2-3,6-8,10-11,14,20H,4-5,9,30-31H2,1H3,(H,24,25). The topological polar surface area (TPSA) is 67.5 Å². The Kier molecular flexibility index (Phi) is 7.11. The van der Waals surface area contributed by atoms with Gasteiger partial charge in [-0.15, -0.1) is 18.5 Å². The number of ether oxygens (including phenoxy) is 1. The highest BCUT2D eigenvalue weighted by Gasteiger charge is 2.50. The second-order valence-electron chi connectivity index (χ2n) is 7.66. The molecule has 0 bridgehead atoms. The zero-order valence-electron chi connectivity index (χ0n) is 16.8. The number of H-pyrrole nitrogens is 1. The Bertz CT molecular complexity index is 1090. The molecule has 3 aromatic rings. The van der Waals surface area contributed by atoms with Crippen molar-refractivity contribution in [1.29, 1.82) is 0 Å². The van der Waals surface area contributed by atoms with E-state index in [-0.39, 0.29) is 12.5 Å². The SMILES string of the molecule is CC(P)CCOc1cc(F)c(C2C(COI)C(=O)N2c2ccc3nc[nH]c3c2)c(P)c1. The number of carbonyl (C=O) groups is 1. The van der Waals surface area contributed by atoms with E-state index in [4.69, 9.17) is 7.80 Å². The van der Waals surface area contributed by atoms with Gasteiger partial charge in [0.2, 0.25) is 5.91 Å². The lowest BCUT2D eigenvalue weighted by atomic mass is 9.82. The minimum absolute atomic E-state index is 0.0981. The smallest absolute Gasteiger partial charge is 0.235 e. The van der Waals surface area contributed by atoms with Crippen LogP contribution in [0.15, 0.2) is 36.7 Å². The largest absolute Gasteiger partial charge is 0.493 e. The van der Waals surface area contributed by atoms with Gasteiger partial charge in [0, 0.05) is 17.3 Å². The number of aromatic amines is 1. The third kappa shape index (κ3) is 4.58. The molecule has 1 N–H and O–H groups in total. The van der Waals surface area contributed by atoms with Crippen molar-refractivity contribution in [3.63, 3.8) is 0 Å². The van der Waals surface area contributed by atoms with Gasteiger partial charge in [0.1, 0.15) is 34.6 Å². The first-order chi connectivity index (χ1) is 14.9. The van der Waals surface area contributed by atoms with Crippen LogP contribution in [0.2, 0.25) is 0 Å². The molecule has 1 saturated heterocycles. The third-order valence-electron chi connectivity index (χ3n) is 5.41. The van der Waals surface area contributed by atoms with E-state index in [1.807, 2.05) is 18.2 Å². The quantitative estimate of drug-likeness (QED) is 0.248. The van der Waals surface area contributed by atoms with Gasteiger partial charge in [0.15, 0.2) is 0 Å². The number of aromatic nitrogens is 2. The van der Waals surface area contributed by atoms with Crippen LogP contribution >= 0.6 is 41.5 Å². The molecular formula is C21H23FIN3O3P2. The Morgan fingerprint density at radius 3 is 2.87 bits per heavy atom. The van der Waals surface area contributed by atoms with Crippen molar-refractivity contribution in [2.24, 2.45) is 5.92 Å². The lowest BCUT2D eigenvalue weighted by Crippen LogP contribution is -2.57. The minimum atomic E-state index is -0.476. The van der Waals surface area contributed by atoms with Crippen LogP contribution in [0.25, 0.3) is 11.0 Å². The van der Waals surface area contributed by atoms with Crippen LogP contribution in [0.3, 0.4) is 0 Å². The van der Waals surface area contributed by atoms with E-state index in [1.165, 1.54) is 6.07 Å². The fraction of sp³-hybridized carbons (Fsp3) is 0.333. The number of β-lactam (4-membered cyclic amide) rings is 1. The van der Waals surface area contributed by atoms with Gasteiger partial charge in [-0.3, -0.25) is 4.79 Å². The maximum atomic E-state index is 15.3. The first-order valence-electron chi connectivity index (χ1n) is 9.87. The van der Waals surface area contributed by atoms with Crippen molar-refractivity contribution in [3.8, 4) is 5.75 Å². The number of rotatable bonds is 8. The molecule has 5 unspecified atom stereocenters. The predicted molar refractivity (Wildman–Crippen MR) is 135 cm³/mol. The lowest BCUT2D eigenvalue weighted by Gasteiger charge is -2.47. The maximum absolute atomic E-state index is 15.3. The van der Waals surface area contributed by atoms with E-state index >= 15 is 4.39 Å². The van der Waals surface area contributed by atoms with Crippen molar-refractivity contribution >= 4 is 69.4 Å². The average molecular weight is 573 g/mol. The molecule has 1 aliphatic heterocycles. The zero-order valence-corrected chi connectivity index (χ0v) is 21.3. The molecule has 5 atom stereocenters. The van der Waals surface area contributed by atoms with Crippen molar-refractivity contribution in [1.82, 2.24) is 9.97 Å². The molecule has 1 fully saturated rings. The van der Waals surface area contributed by atoms with Gasteiger partial charge >= 0.3 is 0 Å². The predicted octanol–water partition coefficient (Wildman–Crippen LogP) is 4.31. The summed E-state index contributed by atoms with van der Waals surface area (Å²) in [5.74, 6) is -0.480. The summed E-state index contributed by atoms with van der Waals surface area (Å²) in [5, 5.41) is 0.664. The summed E-state index contributed by atoms with van der Waals surface area (Å²) in [7, 11) is 5.31. The summed E-state index contributed by atoms with van der Waals surface area (Å²) in [4.78, 5) is 21.9. The van der Waals surface area contributed by atoms with E-state index in [0.29, 0.717) is 34.6 Å². The number of fused-ring (bicyclic) bond motifs is 1. The summed E-state index contributed by atoms with van der Waals surface area (Å²) in [6.45, 7) is 2.80. The number of hydrogen-bond donors (Lipinski definition) is 1. The van der Waals surface area contributed by atoms with Crippen molar-refractivity contribution < 1.29 is 17.0 Å². The first-order valence-corrected chi connectivity index (χ1v) is 12.0. The molecule has 10 heteroatoms. The van der Waals surface area contributed by atoms with Gasteiger partial charge in [0.25, 0.3) is 0 Å². The highest BCUT2D eigenvalue weighted by molar-refractivity contribution is 14.1. The van der Waals surface area contributed by atoms with Crippen LogP contribution in [-0.2, 0) is 7.86 Å². The molecule has 0 aliphatic carbocycles. The molecule has 4 rings (SSSR count). The number of imidazole rings is 1. The molecule has 1 aromatic heterocycles. The van der Waals surface area contributed by atoms with Crippen molar-refractivity contribution in [2.75, 3.05) is 18.1 Å². The number of anilines is 1. The van der Waals surface area contributed by atoms with Crippen LogP contribution in [0, 0.1) is 11.7 Å². The molecule has 6 nitrogen and oxygen atoms in total. The number of hydrogen-bond acceptors (Lipinski definition) is 4. The molecule has 1 amide bonds. The number of nitrogens with zero attached hydrogens (tertiary/aromatic N) is 2. The number of amides is 1. The zero-order chi connectivity index (χ0) is 22.1. The molecule has 2 heterocycles. The Balaban J connectivity index is 1.67. The van der Waals surface area contributed by atoms with Gasteiger partial charge in [0.05, 0.1) is 42.5 Å². The number of benzene rings is 2. The number of carbonyl (C=O) groups excluding carboxylic acids is 1. The van der Waals surface area contributed by atoms with E-state index < -0.39 is 17.8 Å². The molecule has 31 heavy (non-hydrogen) atoms. The van der Waals surface area contributed by atoms with E-state index in [1.54, 1.807) is 40.3 Å². The summed E-state index contributed by atoms with van der Waals surface area (Å²) >= 11 is 1.77. The Morgan fingerprint density at radius 2 is 2.16 bits per heavy atom. The van der Waals surface area contributed by atoms with Crippen molar-refractivity contribution in [2.45, 2.75) is 25.0 Å². The molecule has 0 radical (unpaired) electrons. The monoisotopic (exact) mass is 573 g/mol. The van der Waals surface area contributed by atoms with Gasteiger partial charge in [-0.2, -0.15) is 0 Å². The van der Waals surface area contributed by atoms with E-state index in [2.05, 4.69) is 35.4 Å². The Hall–Kier alpha value is -1.34. The Labute approximate surface area is 198 Å². The highest BCUT2D eigenvalue weighted by atomic mass is 127. The van der Waals surface area contributed by atoms with Gasteiger partial charge in [-0.25, -0.2) is 9.37 Å². The maximum Gasteiger partial charge on any atom is 0.235 e. The normalized spacial score (nSPS) is 19.5. The molecule has 0 spiro atoms. The molecule has 0 saturated carbocycles. The van der Waals surface area contributed by atoms with Crippen LogP contribution in [0.5, 0.6) is 5.75 Å². The third-order valence-corrected chi connectivity index (χ3v) is 6.58. The molecule has 1 aliphatic rings. The molecule has 2 aromatic carbocycles. The molecular weight excluding hydrogens is 550 g/mol. The second-order valence-corrected chi connectivity index (χ2v) is 10.0. The summed E-state index contributed by atoms with van der Waals surface area (Å²) in [6.07, 6.45) is 2.46. The lowest BCUT2D eigenvalue weighted by molar-refractivity contribution is -0.131. The first kappa shape index (κ1) is 22.8. The average Bonchev–Trinajstić information content (AvgIpc) is 3.18. The van der Waals surface area contributed by atoms with Crippen molar-refractivity contribution in [3.05, 3.63) is 48.0 Å². The minimum Gasteiger partial charge on any atom is -0.493 e. The number of halogens is 2. The molecule has 164 valence electrons. The summed E-state index contributed by atoms with van der Waals surface area (Å²) in [5.41, 5.74) is 3.20. The highest BCUT2D eigenvalue weighted by Crippen LogP contribution is 2.45. The Morgan fingerprint density at radius 1 is 1.35 bits per heavy atom. The fourth-order valence-electron chi connectivity index (χ4n) is 3.84. The van der Waals surface area contributed by atoms with Crippen LogP contribution in [-0.4, -0.2) is 34.7 Å². The van der Waals surface area contributed by atoms with Crippen LogP contribution in [0.1, 0.15) is 24.9 Å².